The van der Waals surface area contributed by atoms with Gasteiger partial charge in [0.05, 0.1) is 5.52 Å². The fourth-order valence-corrected chi connectivity index (χ4v) is 4.90. The number of carbonyl (C=O) groups excluding carboxylic acids is 1. The molecule has 1 unspecified atom stereocenters. The van der Waals surface area contributed by atoms with Crippen LogP contribution in [-0.2, 0) is 25.8 Å². The average Bonchev–Trinajstić information content (AvgIpc) is 3.12. The van der Waals surface area contributed by atoms with E-state index in [0.717, 1.165) is 61.4 Å². The molecule has 3 aliphatic rings. The highest BCUT2D eigenvalue weighted by molar-refractivity contribution is 5.90. The predicted octanol–water partition coefficient (Wildman–Crippen LogP) is 4.15. The van der Waals surface area contributed by atoms with Crippen LogP contribution < -0.4 is 16.4 Å². The number of nitrogens with zero attached hydrogens (tertiary/aromatic N) is 3. The van der Waals surface area contributed by atoms with Crippen molar-refractivity contribution in [2.75, 3.05) is 17.6 Å². The quantitative estimate of drug-likeness (QED) is 0.511. The van der Waals surface area contributed by atoms with Gasteiger partial charge in [-0.05, 0) is 67.7 Å². The van der Waals surface area contributed by atoms with Gasteiger partial charge in [0.15, 0.2) is 5.82 Å². The van der Waals surface area contributed by atoms with Crippen molar-refractivity contribution in [2.45, 2.75) is 64.3 Å². The number of carbonyl (C=O) groups is 1. The lowest BCUT2D eigenvalue weighted by Gasteiger charge is -2.20. The summed E-state index contributed by atoms with van der Waals surface area (Å²) in [4.78, 5) is 21.8. The van der Waals surface area contributed by atoms with E-state index >= 15 is 0 Å². The standard InChI is InChI=1S/C24H30N6O/c1-15-14-30-20(29-21-22(30)18-6-2-3-7-19(18)28-23(21)25)8-4-5-13-26-24(31)27-17-11-9-16(15)10-12-17/h9-12,15H,2-8,13-14H2,1H3,(H2,25,28)(H2,26,27,31). The Bertz CT molecular complexity index is 1120. The molecule has 0 saturated heterocycles. The van der Waals surface area contributed by atoms with Crippen molar-refractivity contribution in [3.8, 4) is 0 Å². The second kappa shape index (κ2) is 8.21. The molecule has 4 heterocycles. The number of anilines is 2. The summed E-state index contributed by atoms with van der Waals surface area (Å²) in [5.41, 5.74) is 13.0. The second-order valence-electron chi connectivity index (χ2n) is 8.83. The van der Waals surface area contributed by atoms with Gasteiger partial charge in [-0.25, -0.2) is 14.8 Å². The molecule has 2 bridgehead atoms. The number of nitrogens with one attached hydrogen (secondary N) is 2. The number of amides is 2. The number of rotatable bonds is 0. The van der Waals surface area contributed by atoms with Crippen molar-refractivity contribution in [2.24, 2.45) is 0 Å². The summed E-state index contributed by atoms with van der Waals surface area (Å²) in [5.74, 6) is 1.93. The average molecular weight is 419 g/mol. The Morgan fingerprint density at radius 3 is 2.65 bits per heavy atom. The summed E-state index contributed by atoms with van der Waals surface area (Å²) in [6.07, 6.45) is 7.13. The number of fused-ring (bicyclic) bond motifs is 12. The van der Waals surface area contributed by atoms with E-state index in [4.69, 9.17) is 15.7 Å². The molecule has 0 radical (unpaired) electrons. The van der Waals surface area contributed by atoms with Gasteiger partial charge in [-0.2, -0.15) is 0 Å². The molecule has 2 amide bonds. The Kier molecular flexibility index (Phi) is 5.26. The summed E-state index contributed by atoms with van der Waals surface area (Å²) < 4.78 is 2.41. The molecule has 0 fully saturated rings. The summed E-state index contributed by atoms with van der Waals surface area (Å²) >= 11 is 0. The maximum atomic E-state index is 12.1. The molecule has 0 saturated carbocycles. The molecule has 7 nitrogen and oxygen atoms in total. The number of pyridine rings is 1. The predicted molar refractivity (Wildman–Crippen MR) is 123 cm³/mol. The van der Waals surface area contributed by atoms with Crippen molar-refractivity contribution >= 4 is 28.6 Å². The van der Waals surface area contributed by atoms with Gasteiger partial charge in [-0.15, -0.1) is 0 Å². The molecule has 0 spiro atoms. The maximum absolute atomic E-state index is 12.1. The normalized spacial score (nSPS) is 19.6. The third-order valence-electron chi connectivity index (χ3n) is 6.58. The summed E-state index contributed by atoms with van der Waals surface area (Å²) in [6.45, 7) is 3.74. The van der Waals surface area contributed by atoms with Gasteiger partial charge in [-0.1, -0.05) is 19.1 Å². The Morgan fingerprint density at radius 2 is 1.81 bits per heavy atom. The lowest BCUT2D eigenvalue weighted by atomic mass is 9.94. The van der Waals surface area contributed by atoms with Gasteiger partial charge in [0.25, 0.3) is 0 Å². The van der Waals surface area contributed by atoms with E-state index in [2.05, 4.69) is 34.3 Å². The number of aryl methyl sites for hydroxylation is 3. The summed E-state index contributed by atoms with van der Waals surface area (Å²) in [7, 11) is 0. The van der Waals surface area contributed by atoms with Crippen molar-refractivity contribution in [3.63, 3.8) is 0 Å². The highest BCUT2D eigenvalue weighted by Gasteiger charge is 2.23. The Hall–Kier alpha value is -3.09. The minimum Gasteiger partial charge on any atom is -0.382 e. The molecule has 1 atom stereocenters. The van der Waals surface area contributed by atoms with E-state index in [1.807, 2.05) is 12.1 Å². The van der Waals surface area contributed by atoms with Gasteiger partial charge in [0.2, 0.25) is 0 Å². The minimum absolute atomic E-state index is 0.159. The molecule has 6 rings (SSSR count). The molecule has 7 heteroatoms. The molecular formula is C24H30N6O. The van der Waals surface area contributed by atoms with Crippen LogP contribution in [0.15, 0.2) is 24.3 Å². The molecule has 31 heavy (non-hydrogen) atoms. The molecule has 4 N–H and O–H groups in total. The molecule has 162 valence electrons. The van der Waals surface area contributed by atoms with E-state index in [9.17, 15) is 4.79 Å². The van der Waals surface area contributed by atoms with Crippen LogP contribution in [0.5, 0.6) is 0 Å². The van der Waals surface area contributed by atoms with Crippen molar-refractivity contribution in [1.29, 1.82) is 0 Å². The van der Waals surface area contributed by atoms with Gasteiger partial charge in [0, 0.05) is 30.9 Å². The second-order valence-corrected chi connectivity index (χ2v) is 8.83. The Morgan fingerprint density at radius 1 is 1.03 bits per heavy atom. The number of nitrogen functional groups attached to an aromatic ring is 1. The highest BCUT2D eigenvalue weighted by atomic mass is 16.2. The van der Waals surface area contributed by atoms with Crippen molar-refractivity contribution < 1.29 is 4.79 Å². The Balaban J connectivity index is 1.60. The van der Waals surface area contributed by atoms with Crippen LogP contribution in [0.1, 0.15) is 61.2 Å². The fourth-order valence-electron chi connectivity index (χ4n) is 4.90. The summed E-state index contributed by atoms with van der Waals surface area (Å²) in [5, 5.41) is 5.85. The largest absolute Gasteiger partial charge is 0.382 e. The molecule has 2 aromatic heterocycles. The molecule has 1 aliphatic carbocycles. The SMILES string of the molecule is CC1Cn2c(nc3c(N)nc4c(c32)CCCC4)CCCCNC(=O)Nc2ccc1cc2. The van der Waals surface area contributed by atoms with E-state index < -0.39 is 0 Å². The third kappa shape index (κ3) is 3.84. The Labute approximate surface area is 182 Å². The zero-order valence-corrected chi connectivity index (χ0v) is 18.1. The van der Waals surface area contributed by atoms with Gasteiger partial charge < -0.3 is 20.9 Å². The molecule has 2 aliphatic heterocycles. The van der Waals surface area contributed by atoms with E-state index in [-0.39, 0.29) is 6.03 Å². The van der Waals surface area contributed by atoms with E-state index in [1.54, 1.807) is 0 Å². The number of nitrogens with two attached hydrogens (primary N) is 1. The molecule has 3 aromatic rings. The first kappa shape index (κ1) is 19.8. The monoisotopic (exact) mass is 418 g/mol. The van der Waals surface area contributed by atoms with Gasteiger partial charge in [0.1, 0.15) is 11.3 Å². The lowest BCUT2D eigenvalue weighted by molar-refractivity contribution is 0.252. The van der Waals surface area contributed by atoms with Crippen molar-refractivity contribution in [1.82, 2.24) is 19.9 Å². The zero-order chi connectivity index (χ0) is 21.4. The van der Waals surface area contributed by atoms with E-state index in [0.29, 0.717) is 18.3 Å². The van der Waals surface area contributed by atoms with Crippen LogP contribution in [-0.4, -0.2) is 27.1 Å². The number of hydrogen-bond donors (Lipinski definition) is 3. The van der Waals surface area contributed by atoms with Crippen molar-refractivity contribution in [3.05, 3.63) is 46.9 Å². The maximum Gasteiger partial charge on any atom is 0.319 e. The fraction of sp³-hybridized carbons (Fsp3) is 0.458. The van der Waals surface area contributed by atoms with Crippen LogP contribution in [0.25, 0.3) is 11.0 Å². The minimum atomic E-state index is -0.159. The van der Waals surface area contributed by atoms with Gasteiger partial charge >= 0.3 is 6.03 Å². The first-order valence-corrected chi connectivity index (χ1v) is 11.4. The number of imidazole rings is 1. The third-order valence-corrected chi connectivity index (χ3v) is 6.58. The van der Waals surface area contributed by atoms with Crippen LogP contribution in [0.4, 0.5) is 16.3 Å². The number of urea groups is 1. The lowest BCUT2D eigenvalue weighted by Crippen LogP contribution is -2.29. The van der Waals surface area contributed by atoms with E-state index in [1.165, 1.54) is 29.5 Å². The summed E-state index contributed by atoms with van der Waals surface area (Å²) in [6, 6.07) is 7.99. The molecule has 1 aromatic carbocycles. The smallest absolute Gasteiger partial charge is 0.319 e. The first-order valence-electron chi connectivity index (χ1n) is 11.4. The van der Waals surface area contributed by atoms with Crippen LogP contribution >= 0.6 is 0 Å². The number of hydrogen-bond acceptors (Lipinski definition) is 4. The highest BCUT2D eigenvalue weighted by Crippen LogP contribution is 2.33. The van der Waals surface area contributed by atoms with Gasteiger partial charge in [-0.3, -0.25) is 0 Å². The number of benzene rings is 1. The van der Waals surface area contributed by atoms with Crippen LogP contribution in [0.3, 0.4) is 0 Å². The number of aromatic nitrogens is 3. The van der Waals surface area contributed by atoms with Crippen LogP contribution in [0.2, 0.25) is 0 Å². The topological polar surface area (TPSA) is 97.9 Å². The molecular weight excluding hydrogens is 388 g/mol. The zero-order valence-electron chi connectivity index (χ0n) is 18.1. The first-order chi connectivity index (χ1) is 15.1. The van der Waals surface area contributed by atoms with Crippen LogP contribution in [0, 0.1) is 0 Å².